The van der Waals surface area contributed by atoms with Crippen LogP contribution in [-0.2, 0) is 9.63 Å². The number of ketones is 1. The molecule has 3 saturated carbocycles. The zero-order valence-corrected chi connectivity index (χ0v) is 19.9. The maximum absolute atomic E-state index is 13.8. The van der Waals surface area contributed by atoms with Crippen molar-refractivity contribution in [3.05, 3.63) is 0 Å². The number of hydrogen-bond donors (Lipinski definition) is 1. The highest BCUT2D eigenvalue weighted by Gasteiger charge is 2.57. The molecule has 0 unspecified atom stereocenters. The Balaban J connectivity index is 1.64. The number of nitrogens with zero attached hydrogens (tertiary/aromatic N) is 2. The smallest absolute Gasteiger partial charge is 0.142 e. The molecule has 0 saturated heterocycles. The molecule has 0 aliphatic heterocycles. The highest BCUT2D eigenvalue weighted by Crippen LogP contribution is 2.61. The van der Waals surface area contributed by atoms with Crippen molar-refractivity contribution in [1.82, 2.24) is 4.90 Å². The molecule has 0 heterocycles. The van der Waals surface area contributed by atoms with Crippen LogP contribution in [0.2, 0.25) is 0 Å². The standard InChI is InChI=1S/C25H44N2O3/c1-6-18(11-14-26-30-16-15-27(4)5)25(3)13-10-22-21(23(25)29)8-7-19-17-20(28)9-12-24(19,22)2/h14,18-22,28H,6-13,15-17H2,1-5H3/b26-14+/t18-,19+,20-,21+,22-,24-,25+/m0/s1. The van der Waals surface area contributed by atoms with Crippen molar-refractivity contribution >= 4 is 12.0 Å². The van der Waals surface area contributed by atoms with Gasteiger partial charge in [-0.1, -0.05) is 32.3 Å². The summed E-state index contributed by atoms with van der Waals surface area (Å²) in [6, 6.07) is 0. The summed E-state index contributed by atoms with van der Waals surface area (Å²) in [5.41, 5.74) is -0.00840. The van der Waals surface area contributed by atoms with Gasteiger partial charge in [-0.05, 0) is 88.6 Å². The van der Waals surface area contributed by atoms with E-state index in [0.29, 0.717) is 30.1 Å². The minimum absolute atomic E-state index is 0.132. The molecule has 172 valence electrons. The van der Waals surface area contributed by atoms with E-state index >= 15 is 0 Å². The van der Waals surface area contributed by atoms with E-state index in [1.165, 1.54) is 0 Å². The van der Waals surface area contributed by atoms with Gasteiger partial charge in [0.1, 0.15) is 12.4 Å². The fourth-order valence-electron chi connectivity index (χ4n) is 7.00. The summed E-state index contributed by atoms with van der Waals surface area (Å²) in [6.07, 6.45) is 10.8. The average Bonchev–Trinajstić information content (AvgIpc) is 2.70. The number of oxime groups is 1. The normalized spacial score (nSPS) is 40.3. The van der Waals surface area contributed by atoms with Crippen LogP contribution in [0, 0.1) is 34.5 Å². The zero-order valence-electron chi connectivity index (χ0n) is 19.9. The Kier molecular flexibility index (Phi) is 7.66. The van der Waals surface area contributed by atoms with E-state index in [9.17, 15) is 9.90 Å². The number of carbonyl (C=O) groups excluding carboxylic acids is 1. The number of carbonyl (C=O) groups is 1. The first-order valence-electron chi connectivity index (χ1n) is 12.2. The second-order valence-corrected chi connectivity index (χ2v) is 11.0. The molecular formula is C25H44N2O3. The Hall–Kier alpha value is -0.940. The van der Waals surface area contributed by atoms with E-state index in [1.807, 2.05) is 20.3 Å². The van der Waals surface area contributed by atoms with E-state index in [-0.39, 0.29) is 22.9 Å². The van der Waals surface area contributed by atoms with Crippen LogP contribution >= 0.6 is 0 Å². The fraction of sp³-hybridized carbons (Fsp3) is 0.920. The summed E-state index contributed by atoms with van der Waals surface area (Å²) in [4.78, 5) is 21.3. The first-order chi connectivity index (χ1) is 14.2. The van der Waals surface area contributed by atoms with Gasteiger partial charge in [0, 0.05) is 24.1 Å². The maximum atomic E-state index is 13.8. The van der Waals surface area contributed by atoms with Gasteiger partial charge in [-0.3, -0.25) is 4.79 Å². The van der Waals surface area contributed by atoms with Crippen LogP contribution in [0.4, 0.5) is 0 Å². The van der Waals surface area contributed by atoms with Gasteiger partial charge in [0.15, 0.2) is 0 Å². The summed E-state index contributed by atoms with van der Waals surface area (Å²) in [7, 11) is 4.04. The number of hydrogen-bond acceptors (Lipinski definition) is 5. The number of fused-ring (bicyclic) bond motifs is 3. The Morgan fingerprint density at radius 3 is 2.70 bits per heavy atom. The van der Waals surface area contributed by atoms with Crippen molar-refractivity contribution in [2.45, 2.75) is 84.7 Å². The highest BCUT2D eigenvalue weighted by atomic mass is 16.6. The predicted molar refractivity (Wildman–Crippen MR) is 121 cm³/mol. The molecule has 0 bridgehead atoms. The van der Waals surface area contributed by atoms with E-state index in [0.717, 1.165) is 64.3 Å². The summed E-state index contributed by atoms with van der Waals surface area (Å²) >= 11 is 0. The van der Waals surface area contributed by atoms with Crippen LogP contribution in [0.3, 0.4) is 0 Å². The van der Waals surface area contributed by atoms with Gasteiger partial charge in [-0.25, -0.2) is 0 Å². The third kappa shape index (κ3) is 4.62. The molecule has 5 heteroatoms. The lowest BCUT2D eigenvalue weighted by atomic mass is 9.46. The van der Waals surface area contributed by atoms with Gasteiger partial charge in [0.2, 0.25) is 0 Å². The van der Waals surface area contributed by atoms with Crippen molar-refractivity contribution in [2.75, 3.05) is 27.2 Å². The van der Waals surface area contributed by atoms with Crippen LogP contribution in [0.5, 0.6) is 0 Å². The van der Waals surface area contributed by atoms with Gasteiger partial charge in [-0.15, -0.1) is 0 Å². The van der Waals surface area contributed by atoms with Crippen molar-refractivity contribution in [2.24, 2.45) is 39.7 Å². The molecule has 5 nitrogen and oxygen atoms in total. The van der Waals surface area contributed by atoms with Crippen molar-refractivity contribution in [1.29, 1.82) is 0 Å². The van der Waals surface area contributed by atoms with Gasteiger partial charge in [0.05, 0.1) is 6.10 Å². The number of likely N-dealkylation sites (N-methyl/N-ethyl adjacent to an activating group) is 1. The topological polar surface area (TPSA) is 62.1 Å². The van der Waals surface area contributed by atoms with Gasteiger partial charge >= 0.3 is 0 Å². The van der Waals surface area contributed by atoms with Crippen molar-refractivity contribution in [3.8, 4) is 0 Å². The van der Waals surface area contributed by atoms with E-state index in [1.54, 1.807) is 0 Å². The van der Waals surface area contributed by atoms with Gasteiger partial charge < -0.3 is 14.8 Å². The Morgan fingerprint density at radius 1 is 1.23 bits per heavy atom. The quantitative estimate of drug-likeness (QED) is 0.356. The van der Waals surface area contributed by atoms with Crippen LogP contribution in [0.15, 0.2) is 5.16 Å². The largest absolute Gasteiger partial charge is 0.395 e. The lowest BCUT2D eigenvalue weighted by molar-refractivity contribution is -0.157. The van der Waals surface area contributed by atoms with Crippen molar-refractivity contribution in [3.63, 3.8) is 0 Å². The second kappa shape index (κ2) is 9.68. The molecular weight excluding hydrogens is 376 g/mol. The first-order valence-corrected chi connectivity index (χ1v) is 12.2. The van der Waals surface area contributed by atoms with Crippen LogP contribution in [0.1, 0.15) is 78.6 Å². The minimum Gasteiger partial charge on any atom is -0.395 e. The predicted octanol–water partition coefficient (Wildman–Crippen LogP) is 4.53. The Morgan fingerprint density at radius 2 is 2.00 bits per heavy atom. The Bertz CT molecular complexity index is 622. The monoisotopic (exact) mass is 420 g/mol. The number of aliphatic hydroxyl groups excluding tert-OH is 1. The van der Waals surface area contributed by atoms with Crippen LogP contribution in [-0.4, -0.2) is 55.4 Å². The van der Waals surface area contributed by atoms with Crippen LogP contribution in [0.25, 0.3) is 0 Å². The number of aliphatic hydroxyl groups is 1. The molecule has 0 amide bonds. The van der Waals surface area contributed by atoms with Gasteiger partial charge in [0.25, 0.3) is 0 Å². The third-order valence-electron chi connectivity index (χ3n) is 9.10. The molecule has 0 radical (unpaired) electrons. The molecule has 0 aromatic carbocycles. The lowest BCUT2D eigenvalue weighted by Crippen LogP contribution is -2.56. The SMILES string of the molecule is CC[C@@H](C/C=N/OCCN(C)C)[C@@]1(C)CC[C@H]2[C@@H](CC[C@@H]3C[C@@H](O)CC[C@@]32C)C1=O. The van der Waals surface area contributed by atoms with E-state index in [2.05, 4.69) is 30.8 Å². The molecule has 1 N–H and O–H groups in total. The molecule has 3 rings (SSSR count). The molecule has 0 aromatic heterocycles. The minimum atomic E-state index is -0.247. The summed E-state index contributed by atoms with van der Waals surface area (Å²) in [5.74, 6) is 2.14. The molecule has 7 atom stereocenters. The average molecular weight is 421 g/mol. The number of rotatable bonds is 8. The zero-order chi connectivity index (χ0) is 21.9. The third-order valence-corrected chi connectivity index (χ3v) is 9.10. The molecule has 3 fully saturated rings. The molecule has 3 aliphatic carbocycles. The van der Waals surface area contributed by atoms with Crippen molar-refractivity contribution < 1.29 is 14.7 Å². The maximum Gasteiger partial charge on any atom is 0.142 e. The van der Waals surface area contributed by atoms with E-state index < -0.39 is 0 Å². The lowest BCUT2D eigenvalue weighted by Gasteiger charge is -2.58. The molecule has 3 aliphatic rings. The fourth-order valence-corrected chi connectivity index (χ4v) is 7.00. The highest BCUT2D eigenvalue weighted by molar-refractivity contribution is 5.88. The first kappa shape index (κ1) is 23.7. The number of Topliss-reactive ketones (excluding diaryl/α,β-unsaturated/α-hetero) is 1. The van der Waals surface area contributed by atoms with E-state index in [4.69, 9.17) is 4.84 Å². The molecule has 0 aromatic rings. The molecule has 0 spiro atoms. The summed E-state index contributed by atoms with van der Waals surface area (Å²) in [5, 5.41) is 14.3. The van der Waals surface area contributed by atoms with Gasteiger partial charge in [-0.2, -0.15) is 0 Å². The molecule has 30 heavy (non-hydrogen) atoms. The summed E-state index contributed by atoms with van der Waals surface area (Å²) in [6.45, 7) is 8.29. The second-order valence-electron chi connectivity index (χ2n) is 11.0. The Labute approximate surface area is 183 Å². The summed E-state index contributed by atoms with van der Waals surface area (Å²) < 4.78 is 0. The van der Waals surface area contributed by atoms with Crippen LogP contribution < -0.4 is 0 Å².